The smallest absolute Gasteiger partial charge is 0.281 e. The van der Waals surface area contributed by atoms with Crippen molar-refractivity contribution >= 4 is 69.1 Å². The Hall–Kier alpha value is -3.24. The molecule has 3 heterocycles. The third-order valence-corrected chi connectivity index (χ3v) is 7.47. The van der Waals surface area contributed by atoms with Gasteiger partial charge in [-0.1, -0.05) is 29.3 Å². The number of aromatic hydroxyl groups is 1. The third kappa shape index (κ3) is 5.28. The quantitative estimate of drug-likeness (QED) is 0.201. The SMILES string of the molecule is C/C(=N/NC(=O)c1ccc(C(=O)Nc2cccnc2)s1)c1csc(-c2ccc(Cl)c(Cl)c2)c1O. The lowest BCUT2D eigenvalue weighted by molar-refractivity contribution is 0.0958. The van der Waals surface area contributed by atoms with Gasteiger partial charge in [0.1, 0.15) is 5.75 Å². The molecule has 3 aromatic heterocycles. The third-order valence-electron chi connectivity index (χ3n) is 4.63. The molecule has 0 aliphatic rings. The zero-order chi connectivity index (χ0) is 24.2. The molecule has 0 aliphatic heterocycles. The molecule has 4 rings (SSSR count). The number of pyridine rings is 1. The molecule has 0 aliphatic carbocycles. The second kappa shape index (κ2) is 10.4. The number of amides is 2. The topological polar surface area (TPSA) is 104 Å². The van der Waals surface area contributed by atoms with Crippen LogP contribution in [0.3, 0.4) is 0 Å². The Morgan fingerprint density at radius 1 is 1.06 bits per heavy atom. The number of benzene rings is 1. The summed E-state index contributed by atoms with van der Waals surface area (Å²) < 4.78 is 0. The number of nitrogens with one attached hydrogen (secondary N) is 2. The molecule has 0 bridgehead atoms. The largest absolute Gasteiger partial charge is 0.506 e. The van der Waals surface area contributed by atoms with Gasteiger partial charge in [0.15, 0.2) is 0 Å². The highest BCUT2D eigenvalue weighted by Gasteiger charge is 2.17. The van der Waals surface area contributed by atoms with E-state index in [1.54, 1.807) is 61.0 Å². The summed E-state index contributed by atoms with van der Waals surface area (Å²) in [6.45, 7) is 1.67. The van der Waals surface area contributed by atoms with Crippen LogP contribution >= 0.6 is 45.9 Å². The molecule has 0 radical (unpaired) electrons. The molecular formula is C23H16Cl2N4O3S2. The van der Waals surface area contributed by atoms with E-state index in [-0.39, 0.29) is 11.7 Å². The average Bonchev–Trinajstić information content (AvgIpc) is 3.47. The molecule has 0 saturated carbocycles. The first-order chi connectivity index (χ1) is 16.3. The number of carbonyl (C=O) groups is 2. The van der Waals surface area contributed by atoms with Gasteiger partial charge in [-0.2, -0.15) is 5.10 Å². The molecule has 0 fully saturated rings. The summed E-state index contributed by atoms with van der Waals surface area (Å²) in [5.74, 6) is -0.775. The van der Waals surface area contributed by atoms with E-state index >= 15 is 0 Å². The van der Waals surface area contributed by atoms with Crippen LogP contribution in [0.25, 0.3) is 10.4 Å². The van der Waals surface area contributed by atoms with Crippen LogP contribution in [-0.2, 0) is 0 Å². The Kier molecular flexibility index (Phi) is 7.28. The summed E-state index contributed by atoms with van der Waals surface area (Å²) in [5.41, 5.74) is 4.64. The number of nitrogens with zero attached hydrogens (tertiary/aromatic N) is 2. The minimum Gasteiger partial charge on any atom is -0.506 e. The summed E-state index contributed by atoms with van der Waals surface area (Å²) >= 11 is 14.4. The molecule has 0 atom stereocenters. The van der Waals surface area contributed by atoms with Crippen LogP contribution < -0.4 is 10.7 Å². The minimum atomic E-state index is -0.468. The van der Waals surface area contributed by atoms with Crippen molar-refractivity contribution in [2.24, 2.45) is 5.10 Å². The van der Waals surface area contributed by atoms with E-state index in [0.29, 0.717) is 41.6 Å². The van der Waals surface area contributed by atoms with Crippen molar-refractivity contribution in [1.29, 1.82) is 0 Å². The number of thiophene rings is 2. The first-order valence-electron chi connectivity index (χ1n) is 9.75. The number of hydrogen-bond acceptors (Lipinski definition) is 7. The highest BCUT2D eigenvalue weighted by molar-refractivity contribution is 7.16. The molecule has 2 amide bonds. The number of carbonyl (C=O) groups excluding carboxylic acids is 2. The standard InChI is InChI=1S/C23H16Cl2N4O3S2/c1-12(15-11-33-21(20(15)30)13-4-5-16(24)17(25)9-13)28-29-23(32)19-7-6-18(34-19)22(31)27-14-3-2-8-26-10-14/h2-11,30H,1H3,(H,27,31)(H,29,32)/b28-12-. The lowest BCUT2D eigenvalue weighted by Crippen LogP contribution is -2.18. The van der Waals surface area contributed by atoms with Gasteiger partial charge in [-0.3, -0.25) is 14.6 Å². The first-order valence-corrected chi connectivity index (χ1v) is 12.2. The molecule has 1 aromatic carbocycles. The van der Waals surface area contributed by atoms with Crippen molar-refractivity contribution in [2.75, 3.05) is 5.32 Å². The zero-order valence-corrected chi connectivity index (χ0v) is 20.6. The van der Waals surface area contributed by atoms with Gasteiger partial charge in [-0.05, 0) is 48.9 Å². The van der Waals surface area contributed by atoms with Crippen LogP contribution in [0.15, 0.2) is 65.3 Å². The Morgan fingerprint density at radius 2 is 1.82 bits per heavy atom. The van der Waals surface area contributed by atoms with Gasteiger partial charge in [-0.25, -0.2) is 5.43 Å². The Balaban J connectivity index is 1.44. The van der Waals surface area contributed by atoms with Crippen molar-refractivity contribution in [3.63, 3.8) is 0 Å². The predicted molar refractivity (Wildman–Crippen MR) is 138 cm³/mol. The molecule has 4 aromatic rings. The zero-order valence-electron chi connectivity index (χ0n) is 17.5. The fourth-order valence-corrected chi connectivity index (χ4v) is 5.00. The van der Waals surface area contributed by atoms with E-state index in [1.165, 1.54) is 17.5 Å². The fraction of sp³-hybridized carbons (Fsp3) is 0.0435. The molecule has 11 heteroatoms. The van der Waals surface area contributed by atoms with Crippen molar-refractivity contribution in [2.45, 2.75) is 6.92 Å². The van der Waals surface area contributed by atoms with Crippen LogP contribution in [0, 0.1) is 0 Å². The van der Waals surface area contributed by atoms with Crippen molar-refractivity contribution < 1.29 is 14.7 Å². The van der Waals surface area contributed by atoms with Crippen molar-refractivity contribution in [1.82, 2.24) is 10.4 Å². The molecule has 172 valence electrons. The second-order valence-corrected chi connectivity index (χ2v) is 9.73. The highest BCUT2D eigenvalue weighted by Crippen LogP contribution is 2.40. The summed E-state index contributed by atoms with van der Waals surface area (Å²) in [6.07, 6.45) is 3.14. The molecular weight excluding hydrogens is 515 g/mol. The number of anilines is 1. The summed E-state index contributed by atoms with van der Waals surface area (Å²) in [4.78, 5) is 30.1. The fourth-order valence-electron chi connectivity index (χ4n) is 2.91. The second-order valence-electron chi connectivity index (χ2n) is 6.95. The van der Waals surface area contributed by atoms with E-state index in [0.717, 1.165) is 16.9 Å². The molecule has 0 unspecified atom stereocenters. The molecule has 0 spiro atoms. The van der Waals surface area contributed by atoms with Gasteiger partial charge in [0.2, 0.25) is 0 Å². The van der Waals surface area contributed by atoms with Crippen LogP contribution in [0.2, 0.25) is 10.0 Å². The number of halogens is 2. The van der Waals surface area contributed by atoms with E-state index in [2.05, 4.69) is 20.8 Å². The number of aromatic nitrogens is 1. The van der Waals surface area contributed by atoms with Gasteiger partial charge >= 0.3 is 0 Å². The van der Waals surface area contributed by atoms with Gasteiger partial charge in [0, 0.05) is 11.6 Å². The number of hydrazone groups is 1. The van der Waals surface area contributed by atoms with Crippen LogP contribution in [0.4, 0.5) is 5.69 Å². The number of rotatable bonds is 6. The van der Waals surface area contributed by atoms with E-state index in [1.807, 2.05) is 0 Å². The van der Waals surface area contributed by atoms with Gasteiger partial charge in [0.25, 0.3) is 11.8 Å². The lowest BCUT2D eigenvalue weighted by Gasteiger charge is -2.04. The molecule has 7 nitrogen and oxygen atoms in total. The molecule has 3 N–H and O–H groups in total. The van der Waals surface area contributed by atoms with E-state index in [4.69, 9.17) is 23.2 Å². The van der Waals surface area contributed by atoms with E-state index < -0.39 is 5.91 Å². The maximum atomic E-state index is 12.5. The van der Waals surface area contributed by atoms with Crippen molar-refractivity contribution in [3.8, 4) is 16.2 Å². The summed E-state index contributed by atoms with van der Waals surface area (Å²) in [7, 11) is 0. The predicted octanol–water partition coefficient (Wildman–Crippen LogP) is 6.29. The monoisotopic (exact) mass is 530 g/mol. The summed E-state index contributed by atoms with van der Waals surface area (Å²) in [6, 6.07) is 11.6. The highest BCUT2D eigenvalue weighted by atomic mass is 35.5. The maximum absolute atomic E-state index is 12.5. The normalized spacial score (nSPS) is 11.3. The average molecular weight is 531 g/mol. The lowest BCUT2D eigenvalue weighted by atomic mass is 10.1. The maximum Gasteiger partial charge on any atom is 0.281 e. The molecule has 0 saturated heterocycles. The minimum absolute atomic E-state index is 0.0318. The first kappa shape index (κ1) is 23.9. The Bertz CT molecular complexity index is 1400. The summed E-state index contributed by atoms with van der Waals surface area (Å²) in [5, 5.41) is 20.0. The van der Waals surface area contributed by atoms with E-state index in [9.17, 15) is 14.7 Å². The Labute approximate surface area is 212 Å². The molecule has 34 heavy (non-hydrogen) atoms. The van der Waals surface area contributed by atoms with Gasteiger partial charge < -0.3 is 10.4 Å². The number of hydrogen-bond donors (Lipinski definition) is 3. The van der Waals surface area contributed by atoms with Gasteiger partial charge in [0.05, 0.1) is 47.8 Å². The van der Waals surface area contributed by atoms with Crippen LogP contribution in [-0.4, -0.2) is 27.6 Å². The van der Waals surface area contributed by atoms with Crippen LogP contribution in [0.5, 0.6) is 5.75 Å². The van der Waals surface area contributed by atoms with Gasteiger partial charge in [-0.15, -0.1) is 22.7 Å². The Morgan fingerprint density at radius 3 is 2.53 bits per heavy atom. The van der Waals surface area contributed by atoms with Crippen LogP contribution in [0.1, 0.15) is 31.8 Å². The van der Waals surface area contributed by atoms with Crippen molar-refractivity contribution in [3.05, 3.63) is 85.6 Å².